The maximum absolute atomic E-state index is 6.16. The van der Waals surface area contributed by atoms with Gasteiger partial charge in [-0.2, -0.15) is 5.10 Å². The first-order chi connectivity index (χ1) is 11.2. The molecule has 4 aromatic rings. The first-order valence-corrected chi connectivity index (χ1v) is 7.75. The van der Waals surface area contributed by atoms with Gasteiger partial charge in [0, 0.05) is 34.0 Å². The first-order valence-electron chi connectivity index (χ1n) is 7.38. The highest BCUT2D eigenvalue weighted by Crippen LogP contribution is 2.39. The number of hydrogen-bond acceptors (Lipinski definition) is 3. The maximum atomic E-state index is 6.16. The molecule has 0 spiro atoms. The minimum Gasteiger partial charge on any atom is -0.488 e. The second kappa shape index (κ2) is 4.46. The van der Waals surface area contributed by atoms with Crippen LogP contribution in [0.15, 0.2) is 42.6 Å². The van der Waals surface area contributed by atoms with Gasteiger partial charge in [0.2, 0.25) is 0 Å². The highest BCUT2D eigenvalue weighted by molar-refractivity contribution is 6.31. The van der Waals surface area contributed by atoms with E-state index in [0.29, 0.717) is 11.6 Å². The molecule has 0 amide bonds. The van der Waals surface area contributed by atoms with Crippen LogP contribution in [0, 0.1) is 0 Å². The summed E-state index contributed by atoms with van der Waals surface area (Å²) in [4.78, 5) is 4.95. The quantitative estimate of drug-likeness (QED) is 0.484. The Balaban J connectivity index is 1.89. The van der Waals surface area contributed by atoms with Gasteiger partial charge in [0.15, 0.2) is 0 Å². The molecule has 5 heteroatoms. The molecule has 0 radical (unpaired) electrons. The molecule has 4 nitrogen and oxygen atoms in total. The Morgan fingerprint density at radius 3 is 3.00 bits per heavy atom. The summed E-state index contributed by atoms with van der Waals surface area (Å²) in [5.41, 5.74) is 5.00. The number of ether oxygens (including phenoxy) is 1. The third kappa shape index (κ3) is 1.79. The van der Waals surface area contributed by atoms with E-state index in [1.165, 1.54) is 0 Å². The summed E-state index contributed by atoms with van der Waals surface area (Å²) in [6.45, 7) is 0.526. The number of pyridine rings is 1. The van der Waals surface area contributed by atoms with E-state index in [0.717, 1.165) is 44.4 Å². The van der Waals surface area contributed by atoms with Gasteiger partial charge in [-0.3, -0.25) is 4.68 Å². The number of fused-ring (bicyclic) bond motifs is 6. The van der Waals surface area contributed by atoms with Crippen molar-refractivity contribution in [3.05, 3.63) is 53.2 Å². The van der Waals surface area contributed by atoms with Crippen LogP contribution in [0.25, 0.3) is 33.1 Å². The molecule has 5 rings (SSSR count). The lowest BCUT2D eigenvalue weighted by Crippen LogP contribution is -2.07. The van der Waals surface area contributed by atoms with Gasteiger partial charge in [-0.25, -0.2) is 4.98 Å². The van der Waals surface area contributed by atoms with Crippen LogP contribution in [0.4, 0.5) is 0 Å². The standard InChI is InChI=1S/C18H12ClN3O/c1-22-15-4-2-10-6-11-9-23-16-5-3-12(19)7-13(16)18(11)21-17(10)14(15)8-20-22/h2-8H,9H2,1H3. The lowest BCUT2D eigenvalue weighted by atomic mass is 10.00. The van der Waals surface area contributed by atoms with Gasteiger partial charge in [-0.05, 0) is 30.3 Å². The molecule has 0 unspecified atom stereocenters. The van der Waals surface area contributed by atoms with E-state index in [9.17, 15) is 0 Å². The monoisotopic (exact) mass is 321 g/mol. The number of benzene rings is 2. The minimum absolute atomic E-state index is 0.526. The molecule has 0 saturated heterocycles. The number of rotatable bonds is 0. The van der Waals surface area contributed by atoms with Crippen LogP contribution in [0.2, 0.25) is 5.02 Å². The Kier molecular flexibility index (Phi) is 2.50. The van der Waals surface area contributed by atoms with Crippen LogP contribution in [0.5, 0.6) is 5.75 Å². The van der Waals surface area contributed by atoms with Crippen molar-refractivity contribution < 1.29 is 4.74 Å². The summed E-state index contributed by atoms with van der Waals surface area (Å²) in [6, 6.07) is 12.0. The number of aromatic nitrogens is 3. The van der Waals surface area contributed by atoms with Crippen molar-refractivity contribution in [3.63, 3.8) is 0 Å². The normalized spacial score (nSPS) is 13.0. The molecule has 0 N–H and O–H groups in total. The molecule has 0 saturated carbocycles. The van der Waals surface area contributed by atoms with Crippen molar-refractivity contribution in [1.82, 2.24) is 14.8 Å². The van der Waals surface area contributed by atoms with Gasteiger partial charge in [0.05, 0.1) is 22.9 Å². The zero-order chi connectivity index (χ0) is 15.6. The van der Waals surface area contributed by atoms with E-state index in [4.69, 9.17) is 21.3 Å². The maximum Gasteiger partial charge on any atom is 0.129 e. The Bertz CT molecular complexity index is 1100. The van der Waals surface area contributed by atoms with Crippen molar-refractivity contribution in [2.75, 3.05) is 0 Å². The van der Waals surface area contributed by atoms with Crippen LogP contribution in [0.1, 0.15) is 5.56 Å². The predicted molar refractivity (Wildman–Crippen MR) is 90.8 cm³/mol. The second-order valence-electron chi connectivity index (χ2n) is 5.76. The zero-order valence-corrected chi connectivity index (χ0v) is 13.1. The topological polar surface area (TPSA) is 39.9 Å². The molecule has 23 heavy (non-hydrogen) atoms. The van der Waals surface area contributed by atoms with Gasteiger partial charge in [-0.15, -0.1) is 0 Å². The van der Waals surface area contributed by atoms with Gasteiger partial charge in [0.25, 0.3) is 0 Å². The third-order valence-electron chi connectivity index (χ3n) is 4.37. The Labute approximate surface area is 137 Å². The predicted octanol–water partition coefficient (Wildman–Crippen LogP) is 4.33. The van der Waals surface area contributed by atoms with E-state index in [-0.39, 0.29) is 0 Å². The zero-order valence-electron chi connectivity index (χ0n) is 12.4. The summed E-state index contributed by atoms with van der Waals surface area (Å²) in [6.07, 6.45) is 1.87. The summed E-state index contributed by atoms with van der Waals surface area (Å²) in [5, 5.41) is 7.18. The molecule has 2 aromatic carbocycles. The number of hydrogen-bond donors (Lipinski definition) is 0. The van der Waals surface area contributed by atoms with Crippen molar-refractivity contribution in [1.29, 1.82) is 0 Å². The number of halogens is 1. The summed E-state index contributed by atoms with van der Waals surface area (Å²) < 4.78 is 7.70. The highest BCUT2D eigenvalue weighted by Gasteiger charge is 2.20. The van der Waals surface area contributed by atoms with Gasteiger partial charge in [-0.1, -0.05) is 17.7 Å². The number of aryl methyl sites for hydroxylation is 1. The molecule has 112 valence electrons. The summed E-state index contributed by atoms with van der Waals surface area (Å²) in [5.74, 6) is 0.826. The van der Waals surface area contributed by atoms with Crippen LogP contribution in [-0.4, -0.2) is 14.8 Å². The average molecular weight is 322 g/mol. The van der Waals surface area contributed by atoms with Crippen LogP contribution in [-0.2, 0) is 13.7 Å². The Hall–Kier alpha value is -2.59. The number of nitrogens with zero attached hydrogens (tertiary/aromatic N) is 3. The molecule has 0 atom stereocenters. The van der Waals surface area contributed by atoms with Crippen molar-refractivity contribution in [2.45, 2.75) is 6.61 Å². The first kappa shape index (κ1) is 12.9. The van der Waals surface area contributed by atoms with Crippen LogP contribution in [0.3, 0.4) is 0 Å². The van der Waals surface area contributed by atoms with Gasteiger partial charge in [0.1, 0.15) is 12.4 Å². The van der Waals surface area contributed by atoms with Crippen molar-refractivity contribution >= 4 is 33.4 Å². The molecule has 1 aliphatic rings. The Morgan fingerprint density at radius 1 is 1.17 bits per heavy atom. The second-order valence-corrected chi connectivity index (χ2v) is 6.20. The summed E-state index contributed by atoms with van der Waals surface area (Å²) in [7, 11) is 1.94. The molecule has 1 aliphatic heterocycles. The minimum atomic E-state index is 0.526. The van der Waals surface area contributed by atoms with Crippen LogP contribution >= 0.6 is 11.6 Å². The molecular formula is C18H12ClN3O. The lowest BCUT2D eigenvalue weighted by molar-refractivity contribution is 0.302. The fourth-order valence-electron chi connectivity index (χ4n) is 3.22. The molecule has 0 bridgehead atoms. The van der Waals surface area contributed by atoms with E-state index in [1.54, 1.807) is 0 Å². The summed E-state index contributed by atoms with van der Waals surface area (Å²) >= 11 is 6.16. The van der Waals surface area contributed by atoms with Crippen molar-refractivity contribution in [2.24, 2.45) is 7.05 Å². The van der Waals surface area contributed by atoms with E-state index < -0.39 is 0 Å². The van der Waals surface area contributed by atoms with Gasteiger partial charge >= 0.3 is 0 Å². The SMILES string of the molecule is Cn1ncc2c3nc4c(cc3ccc21)COc1ccc(Cl)cc1-4. The smallest absolute Gasteiger partial charge is 0.129 e. The lowest BCUT2D eigenvalue weighted by Gasteiger charge is -2.20. The molecule has 3 heterocycles. The molecule has 0 aliphatic carbocycles. The molecule has 2 aromatic heterocycles. The van der Waals surface area contributed by atoms with E-state index in [1.807, 2.05) is 36.1 Å². The van der Waals surface area contributed by atoms with Crippen LogP contribution < -0.4 is 4.74 Å². The third-order valence-corrected chi connectivity index (χ3v) is 4.61. The average Bonchev–Trinajstić information content (AvgIpc) is 2.94. The van der Waals surface area contributed by atoms with Crippen molar-refractivity contribution in [3.8, 4) is 17.0 Å². The molecule has 0 fully saturated rings. The highest BCUT2D eigenvalue weighted by atomic mass is 35.5. The fraction of sp³-hybridized carbons (Fsp3) is 0.111. The largest absolute Gasteiger partial charge is 0.488 e. The molecular weight excluding hydrogens is 310 g/mol. The van der Waals surface area contributed by atoms with E-state index >= 15 is 0 Å². The Morgan fingerprint density at radius 2 is 2.09 bits per heavy atom. The fourth-order valence-corrected chi connectivity index (χ4v) is 3.40. The van der Waals surface area contributed by atoms with E-state index in [2.05, 4.69) is 23.3 Å². The van der Waals surface area contributed by atoms with Gasteiger partial charge < -0.3 is 4.74 Å².